The van der Waals surface area contributed by atoms with Gasteiger partial charge in [0.05, 0.1) is 0 Å². The minimum Gasteiger partial charge on any atom is -0.300 e. The van der Waals surface area contributed by atoms with Crippen molar-refractivity contribution in [2.45, 2.75) is 208 Å². The summed E-state index contributed by atoms with van der Waals surface area (Å²) in [5, 5.41) is 0. The molecule has 0 heterocycles. The molecule has 1 nitrogen and oxygen atoms in total. The normalized spacial score (nSPS) is 12.9. The number of nitrogens with zero attached hydrogens (tertiary/aromatic N) is 1. The van der Waals surface area contributed by atoms with Gasteiger partial charge in [0.2, 0.25) is 0 Å². The molecule has 0 amide bonds. The van der Waals surface area contributed by atoms with Gasteiger partial charge in [0.1, 0.15) is 0 Å². The number of rotatable bonds is 30. The van der Waals surface area contributed by atoms with Crippen LogP contribution in [0.2, 0.25) is 0 Å². The number of hydrogen-bond acceptors (Lipinski definition) is 1. The van der Waals surface area contributed by atoms with Gasteiger partial charge in [-0.3, -0.25) is 0 Å². The van der Waals surface area contributed by atoms with Crippen LogP contribution in [0.1, 0.15) is 202 Å². The topological polar surface area (TPSA) is 3.24 Å². The van der Waals surface area contributed by atoms with E-state index in [2.05, 4.69) is 46.4 Å². The van der Waals surface area contributed by atoms with Gasteiger partial charge in [-0.2, -0.15) is 0 Å². The highest BCUT2D eigenvalue weighted by Gasteiger charge is 2.17. The highest BCUT2D eigenvalue weighted by atomic mass is 15.1. The molecule has 1 heteroatoms. The van der Waals surface area contributed by atoms with E-state index in [4.69, 9.17) is 0 Å². The molecular formula is C36H75N. The van der Waals surface area contributed by atoms with E-state index in [0.717, 1.165) is 17.9 Å². The lowest BCUT2D eigenvalue weighted by molar-refractivity contribution is 0.163. The van der Waals surface area contributed by atoms with E-state index < -0.39 is 0 Å². The fourth-order valence-corrected chi connectivity index (χ4v) is 5.93. The van der Waals surface area contributed by atoms with Crippen molar-refractivity contribution in [2.75, 3.05) is 13.1 Å². The summed E-state index contributed by atoms with van der Waals surface area (Å²) < 4.78 is 0. The minimum atomic E-state index is 0.854. The molecule has 0 aliphatic carbocycles. The van der Waals surface area contributed by atoms with E-state index in [0.29, 0.717) is 0 Å². The Morgan fingerprint density at radius 1 is 0.351 bits per heavy atom. The zero-order valence-corrected chi connectivity index (χ0v) is 27.3. The first-order valence-corrected chi connectivity index (χ1v) is 17.7. The first-order chi connectivity index (χ1) is 18.0. The van der Waals surface area contributed by atoms with Crippen LogP contribution in [-0.2, 0) is 0 Å². The smallest absolute Gasteiger partial charge is 0.00952 e. The Bertz CT molecular complexity index is 415. The maximum atomic E-state index is 2.99. The van der Waals surface area contributed by atoms with Crippen LogP contribution in [0.4, 0.5) is 0 Å². The molecule has 0 aromatic carbocycles. The fourth-order valence-electron chi connectivity index (χ4n) is 5.93. The fraction of sp³-hybridized carbons (Fsp3) is 1.00. The van der Waals surface area contributed by atoms with Crippen molar-refractivity contribution in [3.05, 3.63) is 0 Å². The van der Waals surface area contributed by atoms with Crippen LogP contribution < -0.4 is 0 Å². The zero-order chi connectivity index (χ0) is 27.4. The van der Waals surface area contributed by atoms with Crippen molar-refractivity contribution >= 4 is 0 Å². The molecule has 0 radical (unpaired) electrons. The summed E-state index contributed by atoms with van der Waals surface area (Å²) in [6.07, 6.45) is 36.0. The van der Waals surface area contributed by atoms with E-state index in [-0.39, 0.29) is 0 Å². The molecule has 0 aliphatic rings. The third kappa shape index (κ3) is 27.3. The van der Waals surface area contributed by atoms with E-state index in [1.807, 2.05) is 0 Å². The summed E-state index contributed by atoms with van der Waals surface area (Å²) in [5.41, 5.74) is 0. The van der Waals surface area contributed by atoms with Gasteiger partial charge in [-0.25, -0.2) is 0 Å². The highest BCUT2D eigenvalue weighted by molar-refractivity contribution is 4.73. The van der Waals surface area contributed by atoms with Gasteiger partial charge in [-0.15, -0.1) is 0 Å². The third-order valence-electron chi connectivity index (χ3n) is 8.50. The maximum Gasteiger partial charge on any atom is 0.00952 e. The lowest BCUT2D eigenvalue weighted by atomic mass is 9.97. The molecule has 0 bridgehead atoms. The SMILES string of the molecule is CCCCCCCCC(CCCCCCC(C)C)N(CCCCCCCC)CCCCCCCC(C)C. The molecule has 0 aromatic rings. The van der Waals surface area contributed by atoms with Crippen LogP contribution in [-0.4, -0.2) is 24.0 Å². The van der Waals surface area contributed by atoms with E-state index in [9.17, 15) is 0 Å². The second-order valence-electron chi connectivity index (χ2n) is 13.3. The van der Waals surface area contributed by atoms with Crippen LogP contribution in [0.3, 0.4) is 0 Å². The Labute approximate surface area is 237 Å². The molecule has 0 spiro atoms. The summed E-state index contributed by atoms with van der Waals surface area (Å²) in [6.45, 7) is 16.9. The van der Waals surface area contributed by atoms with Gasteiger partial charge in [0, 0.05) is 6.04 Å². The molecule has 0 rings (SSSR count). The first-order valence-electron chi connectivity index (χ1n) is 17.7. The maximum absolute atomic E-state index is 2.99. The Hall–Kier alpha value is -0.0400. The molecule has 0 saturated carbocycles. The Balaban J connectivity index is 4.72. The molecule has 1 atom stereocenters. The van der Waals surface area contributed by atoms with Gasteiger partial charge in [-0.05, 0) is 50.6 Å². The van der Waals surface area contributed by atoms with E-state index in [1.54, 1.807) is 0 Å². The Morgan fingerprint density at radius 3 is 1.00 bits per heavy atom. The van der Waals surface area contributed by atoms with Crippen molar-refractivity contribution in [1.82, 2.24) is 4.90 Å². The average molecular weight is 522 g/mol. The standard InChI is InChI=1S/C36H75N/c1-7-9-11-13-17-24-30-36(31-25-19-18-23-29-35(5)6)37(32-26-20-14-12-10-8-2)33-27-21-15-16-22-28-34(3)4/h34-36H,7-33H2,1-6H3. The van der Waals surface area contributed by atoms with Crippen LogP contribution in [0.15, 0.2) is 0 Å². The lowest BCUT2D eigenvalue weighted by Gasteiger charge is -2.32. The first kappa shape index (κ1) is 37.0. The average Bonchev–Trinajstić information content (AvgIpc) is 2.86. The van der Waals surface area contributed by atoms with Crippen molar-refractivity contribution in [3.63, 3.8) is 0 Å². The summed E-state index contributed by atoms with van der Waals surface area (Å²) in [5.74, 6) is 1.75. The number of unbranched alkanes of at least 4 members (excludes halogenated alkanes) is 17. The molecular weight excluding hydrogens is 446 g/mol. The van der Waals surface area contributed by atoms with Crippen molar-refractivity contribution in [3.8, 4) is 0 Å². The van der Waals surface area contributed by atoms with Crippen molar-refractivity contribution in [2.24, 2.45) is 11.8 Å². The Kier molecular flexibility index (Phi) is 28.9. The van der Waals surface area contributed by atoms with Gasteiger partial charge in [0.25, 0.3) is 0 Å². The van der Waals surface area contributed by atoms with Gasteiger partial charge in [0.15, 0.2) is 0 Å². The quantitative estimate of drug-likeness (QED) is 0.0849. The summed E-state index contributed by atoms with van der Waals surface area (Å²) in [6, 6.07) is 0.854. The van der Waals surface area contributed by atoms with Crippen LogP contribution in [0.5, 0.6) is 0 Å². The van der Waals surface area contributed by atoms with Gasteiger partial charge >= 0.3 is 0 Å². The van der Waals surface area contributed by atoms with Crippen LogP contribution >= 0.6 is 0 Å². The van der Waals surface area contributed by atoms with Crippen LogP contribution in [0, 0.1) is 11.8 Å². The molecule has 1 unspecified atom stereocenters. The van der Waals surface area contributed by atoms with E-state index in [1.165, 1.54) is 174 Å². The number of hydrogen-bond donors (Lipinski definition) is 0. The Morgan fingerprint density at radius 2 is 0.649 bits per heavy atom. The highest BCUT2D eigenvalue weighted by Crippen LogP contribution is 2.21. The van der Waals surface area contributed by atoms with Gasteiger partial charge in [-0.1, -0.05) is 176 Å². The van der Waals surface area contributed by atoms with Crippen molar-refractivity contribution in [1.29, 1.82) is 0 Å². The molecule has 224 valence electrons. The zero-order valence-electron chi connectivity index (χ0n) is 27.3. The molecule has 37 heavy (non-hydrogen) atoms. The monoisotopic (exact) mass is 522 g/mol. The predicted octanol–water partition coefficient (Wildman–Crippen LogP) is 12.8. The van der Waals surface area contributed by atoms with Crippen molar-refractivity contribution < 1.29 is 0 Å². The largest absolute Gasteiger partial charge is 0.300 e. The van der Waals surface area contributed by atoms with Gasteiger partial charge < -0.3 is 4.90 Å². The second kappa shape index (κ2) is 29.0. The predicted molar refractivity (Wildman–Crippen MR) is 172 cm³/mol. The molecule has 0 N–H and O–H groups in total. The molecule has 0 fully saturated rings. The third-order valence-corrected chi connectivity index (χ3v) is 8.50. The summed E-state index contributed by atoms with van der Waals surface area (Å²) in [7, 11) is 0. The summed E-state index contributed by atoms with van der Waals surface area (Å²) >= 11 is 0. The second-order valence-corrected chi connectivity index (χ2v) is 13.3. The molecule has 0 saturated heterocycles. The van der Waals surface area contributed by atoms with Crippen LogP contribution in [0.25, 0.3) is 0 Å². The summed E-state index contributed by atoms with van der Waals surface area (Å²) in [4.78, 5) is 2.99. The lowest BCUT2D eigenvalue weighted by Crippen LogP contribution is -2.37. The minimum absolute atomic E-state index is 0.854. The van der Waals surface area contributed by atoms with E-state index >= 15 is 0 Å². The molecule has 0 aliphatic heterocycles. The molecule has 0 aromatic heterocycles.